The zero-order valence-electron chi connectivity index (χ0n) is 18.9. The molecule has 3 N–H and O–H groups in total. The van der Waals surface area contributed by atoms with Crippen LogP contribution in [0, 0.1) is 5.92 Å². The van der Waals surface area contributed by atoms with Crippen LogP contribution in [0.4, 0.5) is 0 Å². The van der Waals surface area contributed by atoms with Crippen LogP contribution in [0.1, 0.15) is 31.2 Å². The van der Waals surface area contributed by atoms with E-state index in [9.17, 15) is 18.0 Å². The quantitative estimate of drug-likeness (QED) is 0.353. The first-order valence-electron chi connectivity index (χ1n) is 11.2. The molecule has 186 valence electrons. The summed E-state index contributed by atoms with van der Waals surface area (Å²) in [5.41, 5.74) is 1.47. The zero-order valence-corrected chi connectivity index (χ0v) is 20.6. The maximum absolute atomic E-state index is 12.9. The number of benzene rings is 1. The van der Waals surface area contributed by atoms with Crippen molar-refractivity contribution in [3.05, 3.63) is 53.5 Å². The first-order valence-corrected chi connectivity index (χ1v) is 13.2. The predicted molar refractivity (Wildman–Crippen MR) is 131 cm³/mol. The summed E-state index contributed by atoms with van der Waals surface area (Å²) < 4.78 is 33.3. The number of unbranched alkanes of at least 4 members (excludes halogenated alkanes) is 2. The van der Waals surface area contributed by atoms with Gasteiger partial charge in [-0.1, -0.05) is 18.6 Å². The number of sulfonamides is 1. The number of thiocarbonyl (C=S) groups is 1. The summed E-state index contributed by atoms with van der Waals surface area (Å²) >= 11 is 5.32. The maximum atomic E-state index is 12.9. The van der Waals surface area contributed by atoms with Crippen molar-refractivity contribution in [3.63, 3.8) is 0 Å². The van der Waals surface area contributed by atoms with Gasteiger partial charge in [0.2, 0.25) is 33.7 Å². The van der Waals surface area contributed by atoms with Crippen LogP contribution in [0.2, 0.25) is 0 Å². The Morgan fingerprint density at radius 3 is 2.66 bits per heavy atom. The van der Waals surface area contributed by atoms with Gasteiger partial charge in [-0.2, -0.15) is 0 Å². The number of nitrogens with two attached hydrogens (primary N) is 1. The van der Waals surface area contributed by atoms with Crippen LogP contribution in [0.3, 0.4) is 0 Å². The SMILES string of the molecule is NS(=O)(=O)c1ccc(CCNC(=O)CCCCCN2C(=O)C3C=C4OCOC4=CC3=NC2=S)cc1. The van der Waals surface area contributed by atoms with Gasteiger partial charge in [-0.3, -0.25) is 14.5 Å². The Hall–Kier alpha value is -3.09. The molecule has 2 amide bonds. The molecule has 2 aliphatic heterocycles. The molecule has 35 heavy (non-hydrogen) atoms. The van der Waals surface area contributed by atoms with Crippen LogP contribution >= 0.6 is 12.2 Å². The fourth-order valence-electron chi connectivity index (χ4n) is 3.95. The van der Waals surface area contributed by atoms with E-state index >= 15 is 0 Å². The number of hydrogen-bond donors (Lipinski definition) is 2. The highest BCUT2D eigenvalue weighted by molar-refractivity contribution is 7.89. The van der Waals surface area contributed by atoms with Gasteiger partial charge in [0.25, 0.3) is 0 Å². The lowest BCUT2D eigenvalue weighted by atomic mass is 9.93. The minimum atomic E-state index is -3.71. The van der Waals surface area contributed by atoms with Gasteiger partial charge in [-0.25, -0.2) is 18.5 Å². The lowest BCUT2D eigenvalue weighted by Gasteiger charge is -2.30. The van der Waals surface area contributed by atoms with E-state index in [2.05, 4.69) is 10.3 Å². The third-order valence-electron chi connectivity index (χ3n) is 5.85. The largest absolute Gasteiger partial charge is 0.454 e. The monoisotopic (exact) mass is 518 g/mol. The second kappa shape index (κ2) is 10.7. The number of fused-ring (bicyclic) bond motifs is 2. The minimum absolute atomic E-state index is 0.0554. The molecule has 12 heteroatoms. The highest BCUT2D eigenvalue weighted by Crippen LogP contribution is 2.31. The Labute approximate surface area is 208 Å². The number of aliphatic imine (C=N–C) groups is 1. The second-order valence-corrected chi connectivity index (χ2v) is 10.3. The van der Waals surface area contributed by atoms with E-state index in [0.29, 0.717) is 56.0 Å². The lowest BCUT2D eigenvalue weighted by Crippen LogP contribution is -2.46. The van der Waals surface area contributed by atoms with E-state index < -0.39 is 15.9 Å². The van der Waals surface area contributed by atoms with E-state index in [1.807, 2.05) is 0 Å². The Bertz CT molecular complexity index is 1220. The molecule has 1 aliphatic carbocycles. The summed E-state index contributed by atoms with van der Waals surface area (Å²) in [7, 11) is -3.71. The first kappa shape index (κ1) is 25.0. The summed E-state index contributed by atoms with van der Waals surface area (Å²) in [5.74, 6) is 0.418. The van der Waals surface area contributed by atoms with Crippen LogP contribution in [0.25, 0.3) is 0 Å². The Balaban J connectivity index is 1.14. The van der Waals surface area contributed by atoms with E-state index in [4.69, 9.17) is 26.8 Å². The molecule has 0 aromatic heterocycles. The van der Waals surface area contributed by atoms with Gasteiger partial charge in [-0.05, 0) is 55.3 Å². The normalized spacial score (nSPS) is 19.1. The average Bonchev–Trinajstić information content (AvgIpc) is 3.27. The summed E-state index contributed by atoms with van der Waals surface area (Å²) in [6.07, 6.45) is 6.53. The highest BCUT2D eigenvalue weighted by Gasteiger charge is 2.38. The van der Waals surface area contributed by atoms with Crippen molar-refractivity contribution in [3.8, 4) is 0 Å². The molecule has 4 rings (SSSR count). The van der Waals surface area contributed by atoms with E-state index in [-0.39, 0.29) is 28.6 Å². The molecule has 0 saturated carbocycles. The smallest absolute Gasteiger partial charge is 0.241 e. The van der Waals surface area contributed by atoms with Gasteiger partial charge in [0, 0.05) is 25.6 Å². The number of rotatable bonds is 10. The van der Waals surface area contributed by atoms with Crippen LogP contribution < -0.4 is 10.5 Å². The molecule has 0 spiro atoms. The maximum Gasteiger partial charge on any atom is 0.241 e. The number of primary sulfonamides is 1. The minimum Gasteiger partial charge on any atom is -0.454 e. The number of allylic oxidation sites excluding steroid dienone is 1. The zero-order chi connectivity index (χ0) is 25.0. The van der Waals surface area contributed by atoms with Gasteiger partial charge in [0.1, 0.15) is 5.92 Å². The standard InChI is InChI=1S/C23H26N4O6S2/c24-35(30,31)16-7-5-15(6-8-16)9-10-25-21(28)4-2-1-3-11-27-22(29)17-12-19-20(33-14-32-19)13-18(17)26-23(27)34/h5-8,12-13,17H,1-4,9-11,14H2,(H,25,28)(H2,24,30,31). The number of nitrogens with one attached hydrogen (secondary N) is 1. The second-order valence-electron chi connectivity index (χ2n) is 8.33. The molecule has 1 saturated heterocycles. The Kier molecular flexibility index (Phi) is 7.63. The van der Waals surface area contributed by atoms with Crippen LogP contribution in [0.15, 0.2) is 57.8 Å². The summed E-state index contributed by atoms with van der Waals surface area (Å²) in [6.45, 7) is 1.02. The van der Waals surface area contributed by atoms with Gasteiger partial charge >= 0.3 is 0 Å². The summed E-state index contributed by atoms with van der Waals surface area (Å²) in [6, 6.07) is 6.26. The lowest BCUT2D eigenvalue weighted by molar-refractivity contribution is -0.128. The number of amides is 2. The van der Waals surface area contributed by atoms with E-state index in [0.717, 1.165) is 12.0 Å². The fourth-order valence-corrected chi connectivity index (χ4v) is 4.76. The molecule has 3 aliphatic rings. The molecule has 1 atom stereocenters. The third kappa shape index (κ3) is 6.13. The molecular weight excluding hydrogens is 492 g/mol. The summed E-state index contributed by atoms with van der Waals surface area (Å²) in [4.78, 5) is 31.0. The van der Waals surface area contributed by atoms with Gasteiger partial charge in [0.05, 0.1) is 10.6 Å². The third-order valence-corrected chi connectivity index (χ3v) is 7.09. The molecule has 1 unspecified atom stereocenters. The summed E-state index contributed by atoms with van der Waals surface area (Å²) in [5, 5.41) is 8.19. The molecule has 2 heterocycles. The van der Waals surface area contributed by atoms with Crippen molar-refractivity contribution < 1.29 is 27.5 Å². The Morgan fingerprint density at radius 2 is 1.91 bits per heavy atom. The number of nitrogens with zero attached hydrogens (tertiary/aromatic N) is 2. The van der Waals surface area contributed by atoms with E-state index in [1.54, 1.807) is 24.3 Å². The molecule has 0 radical (unpaired) electrons. The van der Waals surface area contributed by atoms with Gasteiger partial charge < -0.3 is 14.8 Å². The van der Waals surface area contributed by atoms with E-state index in [1.165, 1.54) is 17.0 Å². The molecule has 10 nitrogen and oxygen atoms in total. The van der Waals surface area contributed by atoms with Crippen LogP contribution in [0.5, 0.6) is 0 Å². The van der Waals surface area contributed by atoms with Crippen molar-refractivity contribution in [1.29, 1.82) is 0 Å². The van der Waals surface area contributed by atoms with Crippen molar-refractivity contribution in [2.75, 3.05) is 19.9 Å². The number of ether oxygens (including phenoxy) is 2. The van der Waals surface area contributed by atoms with Crippen molar-refractivity contribution in [2.45, 2.75) is 37.0 Å². The van der Waals surface area contributed by atoms with Crippen molar-refractivity contribution >= 4 is 44.9 Å². The van der Waals surface area contributed by atoms with Crippen molar-refractivity contribution in [1.82, 2.24) is 10.2 Å². The van der Waals surface area contributed by atoms with Crippen LogP contribution in [-0.2, 0) is 35.5 Å². The predicted octanol–water partition coefficient (Wildman–Crippen LogP) is 1.52. The van der Waals surface area contributed by atoms with Crippen molar-refractivity contribution in [2.24, 2.45) is 16.0 Å². The molecule has 1 aromatic rings. The number of hydrogen-bond acceptors (Lipinski definition) is 7. The highest BCUT2D eigenvalue weighted by atomic mass is 32.2. The topological polar surface area (TPSA) is 140 Å². The average molecular weight is 519 g/mol. The number of carbonyl (C=O) groups excluding carboxylic acids is 2. The fraction of sp³-hybridized carbons (Fsp3) is 0.391. The number of carbonyl (C=O) groups is 2. The first-order chi connectivity index (χ1) is 16.7. The molecule has 0 bridgehead atoms. The molecular formula is C23H26N4O6S2. The Morgan fingerprint density at radius 1 is 1.17 bits per heavy atom. The van der Waals surface area contributed by atoms with Gasteiger partial charge in [0.15, 0.2) is 11.5 Å². The van der Waals surface area contributed by atoms with Crippen LogP contribution in [-0.4, -0.2) is 55.8 Å². The molecule has 1 fully saturated rings. The van der Waals surface area contributed by atoms with Gasteiger partial charge in [-0.15, -0.1) is 0 Å². The molecule has 1 aromatic carbocycles.